The van der Waals surface area contributed by atoms with E-state index in [4.69, 9.17) is 0 Å². The molecule has 1 unspecified atom stereocenters. The van der Waals surface area contributed by atoms with Gasteiger partial charge in [-0.15, -0.1) is 0 Å². The van der Waals surface area contributed by atoms with Crippen molar-refractivity contribution < 1.29 is 5.11 Å². The number of para-hydroxylation sites is 1. The predicted molar refractivity (Wildman–Crippen MR) is 67.6 cm³/mol. The molecule has 2 rings (SSSR count). The molecule has 0 amide bonds. The summed E-state index contributed by atoms with van der Waals surface area (Å²) in [4.78, 5) is 0. The molecule has 0 radical (unpaired) electrons. The molecule has 1 heterocycles. The summed E-state index contributed by atoms with van der Waals surface area (Å²) in [6.07, 6.45) is 1.57. The lowest BCUT2D eigenvalue weighted by molar-refractivity contribution is 0.193. The molecule has 1 aromatic heterocycles. The van der Waals surface area contributed by atoms with E-state index in [1.165, 1.54) is 16.6 Å². The molecule has 2 nitrogen and oxygen atoms in total. The van der Waals surface area contributed by atoms with Crippen LogP contribution in [0.3, 0.4) is 0 Å². The zero-order valence-corrected chi connectivity index (χ0v) is 9.98. The van der Waals surface area contributed by atoms with E-state index in [-0.39, 0.29) is 6.10 Å². The average Bonchev–Trinajstić information content (AvgIpc) is 2.57. The fraction of sp³-hybridized carbons (Fsp3) is 0.429. The van der Waals surface area contributed by atoms with Crippen molar-refractivity contribution in [2.24, 2.45) is 0 Å². The van der Waals surface area contributed by atoms with Crippen LogP contribution in [0.15, 0.2) is 30.3 Å². The van der Waals surface area contributed by atoms with Gasteiger partial charge in [-0.2, -0.15) is 0 Å². The van der Waals surface area contributed by atoms with E-state index in [1.54, 1.807) is 0 Å². The first-order valence-electron chi connectivity index (χ1n) is 5.97. The van der Waals surface area contributed by atoms with Crippen LogP contribution in [0.25, 0.3) is 10.9 Å². The van der Waals surface area contributed by atoms with E-state index in [2.05, 4.69) is 41.8 Å². The van der Waals surface area contributed by atoms with Gasteiger partial charge in [0.05, 0.1) is 6.10 Å². The Morgan fingerprint density at radius 1 is 1.31 bits per heavy atom. The number of aliphatic hydroxyl groups is 1. The van der Waals surface area contributed by atoms with Crippen LogP contribution in [0.5, 0.6) is 0 Å². The minimum Gasteiger partial charge on any atom is -0.393 e. The Bertz CT molecular complexity index is 471. The molecule has 0 saturated carbocycles. The minimum absolute atomic E-state index is 0.278. The summed E-state index contributed by atoms with van der Waals surface area (Å²) in [7, 11) is 0. The summed E-state index contributed by atoms with van der Waals surface area (Å²) >= 11 is 0. The summed E-state index contributed by atoms with van der Waals surface area (Å²) in [5.74, 6) is 0. The SMILES string of the molecule is CCCn1c(CC(C)O)cc2ccccc21. The quantitative estimate of drug-likeness (QED) is 0.836. The summed E-state index contributed by atoms with van der Waals surface area (Å²) in [5, 5.41) is 10.8. The number of nitrogens with zero attached hydrogens (tertiary/aromatic N) is 1. The Labute approximate surface area is 96.5 Å². The largest absolute Gasteiger partial charge is 0.393 e. The maximum Gasteiger partial charge on any atom is 0.0566 e. The Balaban J connectivity index is 2.49. The molecule has 0 spiro atoms. The highest BCUT2D eigenvalue weighted by Crippen LogP contribution is 2.21. The smallest absolute Gasteiger partial charge is 0.0566 e. The third kappa shape index (κ3) is 2.12. The van der Waals surface area contributed by atoms with E-state index in [1.807, 2.05) is 6.92 Å². The van der Waals surface area contributed by atoms with Crippen LogP contribution in [-0.2, 0) is 13.0 Å². The van der Waals surface area contributed by atoms with Gasteiger partial charge in [0.1, 0.15) is 0 Å². The zero-order chi connectivity index (χ0) is 11.5. The highest BCUT2D eigenvalue weighted by Gasteiger charge is 2.09. The van der Waals surface area contributed by atoms with Crippen LogP contribution < -0.4 is 0 Å². The first-order valence-corrected chi connectivity index (χ1v) is 5.97. The Morgan fingerprint density at radius 3 is 2.75 bits per heavy atom. The van der Waals surface area contributed by atoms with Gasteiger partial charge in [-0.3, -0.25) is 0 Å². The first kappa shape index (κ1) is 11.2. The van der Waals surface area contributed by atoms with Crippen LogP contribution in [0.2, 0.25) is 0 Å². The summed E-state index contributed by atoms with van der Waals surface area (Å²) in [6.45, 7) is 5.05. The molecule has 2 heteroatoms. The van der Waals surface area contributed by atoms with Crippen LogP contribution >= 0.6 is 0 Å². The molecule has 2 aromatic rings. The zero-order valence-electron chi connectivity index (χ0n) is 9.98. The molecule has 0 aliphatic carbocycles. The summed E-state index contributed by atoms with van der Waals surface area (Å²) in [6, 6.07) is 10.6. The van der Waals surface area contributed by atoms with Gasteiger partial charge in [-0.05, 0) is 30.9 Å². The van der Waals surface area contributed by atoms with Crippen molar-refractivity contribution in [2.75, 3.05) is 0 Å². The Kier molecular flexibility index (Phi) is 3.30. The van der Waals surface area contributed by atoms with Gasteiger partial charge in [0.15, 0.2) is 0 Å². The van der Waals surface area contributed by atoms with Crippen molar-refractivity contribution >= 4 is 10.9 Å². The molecule has 0 aliphatic heterocycles. The van der Waals surface area contributed by atoms with E-state index >= 15 is 0 Å². The Hall–Kier alpha value is -1.28. The number of rotatable bonds is 4. The standard InChI is InChI=1S/C14H19NO/c1-3-8-15-13(9-11(2)16)10-12-6-4-5-7-14(12)15/h4-7,10-11,16H,3,8-9H2,1-2H3. The van der Waals surface area contributed by atoms with Crippen LogP contribution in [-0.4, -0.2) is 15.8 Å². The third-order valence-corrected chi connectivity index (χ3v) is 2.85. The molecular formula is C14H19NO. The normalized spacial score (nSPS) is 13.2. The molecule has 1 aromatic carbocycles. The van der Waals surface area contributed by atoms with Gasteiger partial charge < -0.3 is 9.67 Å². The first-order chi connectivity index (χ1) is 7.72. The van der Waals surface area contributed by atoms with Crippen molar-refractivity contribution in [3.63, 3.8) is 0 Å². The van der Waals surface area contributed by atoms with E-state index in [9.17, 15) is 5.11 Å². The lowest BCUT2D eigenvalue weighted by Crippen LogP contribution is -2.10. The van der Waals surface area contributed by atoms with Crippen LogP contribution in [0, 0.1) is 0 Å². The number of hydrogen-bond acceptors (Lipinski definition) is 1. The number of aromatic nitrogens is 1. The number of aliphatic hydroxyl groups excluding tert-OH is 1. The van der Waals surface area contributed by atoms with Gasteiger partial charge in [0.2, 0.25) is 0 Å². The summed E-state index contributed by atoms with van der Waals surface area (Å²) in [5.41, 5.74) is 2.51. The third-order valence-electron chi connectivity index (χ3n) is 2.85. The van der Waals surface area contributed by atoms with Gasteiger partial charge in [-0.1, -0.05) is 25.1 Å². The second-order valence-electron chi connectivity index (χ2n) is 4.40. The molecule has 86 valence electrons. The highest BCUT2D eigenvalue weighted by molar-refractivity contribution is 5.81. The molecule has 1 atom stereocenters. The van der Waals surface area contributed by atoms with Crippen molar-refractivity contribution in [2.45, 2.75) is 39.3 Å². The van der Waals surface area contributed by atoms with Crippen molar-refractivity contribution in [1.29, 1.82) is 0 Å². The molecule has 0 bridgehead atoms. The fourth-order valence-corrected chi connectivity index (χ4v) is 2.23. The van der Waals surface area contributed by atoms with Crippen molar-refractivity contribution in [1.82, 2.24) is 4.57 Å². The number of benzene rings is 1. The Morgan fingerprint density at radius 2 is 2.06 bits per heavy atom. The second kappa shape index (κ2) is 4.71. The highest BCUT2D eigenvalue weighted by atomic mass is 16.3. The number of fused-ring (bicyclic) bond motifs is 1. The van der Waals surface area contributed by atoms with E-state index in [0.29, 0.717) is 0 Å². The minimum atomic E-state index is -0.278. The molecular weight excluding hydrogens is 198 g/mol. The lowest BCUT2D eigenvalue weighted by atomic mass is 10.2. The predicted octanol–water partition coefficient (Wildman–Crippen LogP) is 2.97. The number of aryl methyl sites for hydroxylation is 1. The summed E-state index contributed by atoms with van der Waals surface area (Å²) < 4.78 is 2.32. The number of hydrogen-bond donors (Lipinski definition) is 1. The van der Waals surface area contributed by atoms with Crippen LogP contribution in [0.4, 0.5) is 0 Å². The topological polar surface area (TPSA) is 25.2 Å². The van der Waals surface area contributed by atoms with Crippen LogP contribution in [0.1, 0.15) is 26.0 Å². The molecule has 16 heavy (non-hydrogen) atoms. The van der Waals surface area contributed by atoms with Gasteiger partial charge in [0, 0.05) is 24.2 Å². The van der Waals surface area contributed by atoms with E-state index in [0.717, 1.165) is 19.4 Å². The maximum absolute atomic E-state index is 9.51. The van der Waals surface area contributed by atoms with Gasteiger partial charge in [0.25, 0.3) is 0 Å². The molecule has 1 N–H and O–H groups in total. The fourth-order valence-electron chi connectivity index (χ4n) is 2.23. The van der Waals surface area contributed by atoms with Crippen molar-refractivity contribution in [3.8, 4) is 0 Å². The maximum atomic E-state index is 9.51. The second-order valence-corrected chi connectivity index (χ2v) is 4.40. The van der Waals surface area contributed by atoms with E-state index < -0.39 is 0 Å². The van der Waals surface area contributed by atoms with Gasteiger partial charge >= 0.3 is 0 Å². The van der Waals surface area contributed by atoms with Crippen molar-refractivity contribution in [3.05, 3.63) is 36.0 Å². The molecule has 0 saturated heterocycles. The molecule has 0 fully saturated rings. The lowest BCUT2D eigenvalue weighted by Gasteiger charge is -2.10. The average molecular weight is 217 g/mol. The molecule has 0 aliphatic rings. The monoisotopic (exact) mass is 217 g/mol. The van der Waals surface area contributed by atoms with Gasteiger partial charge in [-0.25, -0.2) is 0 Å².